The van der Waals surface area contributed by atoms with Gasteiger partial charge in [0, 0.05) is 25.5 Å². The van der Waals surface area contributed by atoms with Crippen LogP contribution < -0.4 is 15.5 Å². The van der Waals surface area contributed by atoms with Crippen molar-refractivity contribution >= 4 is 28.7 Å². The zero-order chi connectivity index (χ0) is 20.3. The molecule has 0 aliphatic rings. The number of benzene rings is 2. The van der Waals surface area contributed by atoms with Crippen molar-refractivity contribution < 1.29 is 18.0 Å². The third-order valence-electron chi connectivity index (χ3n) is 3.95. The zero-order valence-electron chi connectivity index (χ0n) is 15.1. The molecule has 0 saturated carbocycles. The molecule has 0 bridgehead atoms. The van der Waals surface area contributed by atoms with Gasteiger partial charge in [0.1, 0.15) is 5.69 Å². The van der Waals surface area contributed by atoms with Gasteiger partial charge in [-0.25, -0.2) is 18.2 Å². The summed E-state index contributed by atoms with van der Waals surface area (Å²) >= 11 is 0. The largest absolute Gasteiger partial charge is 0.378 e. The molecular weight excluding hydrogens is 369 g/mol. The van der Waals surface area contributed by atoms with E-state index in [1.807, 2.05) is 43.3 Å². The van der Waals surface area contributed by atoms with Crippen molar-refractivity contribution in [2.45, 2.75) is 0 Å². The number of aromatic nitrogens is 1. The predicted octanol–water partition coefficient (Wildman–Crippen LogP) is 4.56. The molecule has 0 aliphatic carbocycles. The van der Waals surface area contributed by atoms with Gasteiger partial charge in [-0.1, -0.05) is 0 Å². The highest BCUT2D eigenvalue weighted by molar-refractivity contribution is 6.03. The number of amides is 1. The van der Waals surface area contributed by atoms with Crippen LogP contribution in [0.1, 0.15) is 10.5 Å². The molecule has 3 aromatic rings. The van der Waals surface area contributed by atoms with Crippen LogP contribution >= 0.6 is 0 Å². The minimum atomic E-state index is -1.65. The third-order valence-corrected chi connectivity index (χ3v) is 3.95. The average Bonchev–Trinajstić information content (AvgIpc) is 2.69. The molecule has 2 N–H and O–H groups in total. The van der Waals surface area contributed by atoms with Crippen molar-refractivity contribution in [3.05, 3.63) is 77.9 Å². The van der Waals surface area contributed by atoms with E-state index >= 15 is 0 Å². The number of halogens is 3. The third kappa shape index (κ3) is 4.22. The number of nitrogens with one attached hydrogen (secondary N) is 2. The Morgan fingerprint density at radius 1 is 0.893 bits per heavy atom. The standard InChI is InChI=1S/C20H17F3N4O/c1-27(2)14-6-3-12(4-7-14)25-13-5-9-17(24-11-13)20(28)26-16-10-8-15(21)18(22)19(16)23/h3-11,25H,1-2H3,(H,26,28). The number of anilines is 4. The van der Waals surface area contributed by atoms with Gasteiger partial charge in [-0.3, -0.25) is 4.79 Å². The Balaban J connectivity index is 1.68. The summed E-state index contributed by atoms with van der Waals surface area (Å²) in [5.41, 5.74) is 2.08. The van der Waals surface area contributed by atoms with Crippen LogP contribution in [0.15, 0.2) is 54.7 Å². The summed E-state index contributed by atoms with van der Waals surface area (Å²) in [4.78, 5) is 18.1. The Bertz CT molecular complexity index is 990. The lowest BCUT2D eigenvalue weighted by Crippen LogP contribution is -2.15. The van der Waals surface area contributed by atoms with Crippen LogP contribution in [-0.4, -0.2) is 25.0 Å². The molecule has 3 rings (SSSR count). The number of hydrogen-bond donors (Lipinski definition) is 2. The molecule has 0 radical (unpaired) electrons. The van der Waals surface area contributed by atoms with E-state index in [9.17, 15) is 18.0 Å². The quantitative estimate of drug-likeness (QED) is 0.631. The Kier molecular flexibility index (Phi) is 5.49. The molecule has 0 saturated heterocycles. The minimum Gasteiger partial charge on any atom is -0.378 e. The lowest BCUT2D eigenvalue weighted by atomic mass is 10.2. The first-order chi connectivity index (χ1) is 13.3. The van der Waals surface area contributed by atoms with Crippen LogP contribution in [0.3, 0.4) is 0 Å². The molecule has 2 aromatic carbocycles. The molecule has 1 aromatic heterocycles. The summed E-state index contributed by atoms with van der Waals surface area (Å²) < 4.78 is 39.9. The first kappa shape index (κ1) is 19.2. The van der Waals surface area contributed by atoms with Gasteiger partial charge in [0.25, 0.3) is 5.91 Å². The van der Waals surface area contributed by atoms with Gasteiger partial charge in [-0.15, -0.1) is 0 Å². The fourth-order valence-electron chi connectivity index (χ4n) is 2.42. The summed E-state index contributed by atoms with van der Waals surface area (Å²) in [6.07, 6.45) is 1.44. The first-order valence-corrected chi connectivity index (χ1v) is 8.30. The van der Waals surface area contributed by atoms with E-state index in [1.54, 1.807) is 6.07 Å². The Labute approximate surface area is 159 Å². The molecule has 28 heavy (non-hydrogen) atoms. The Morgan fingerprint density at radius 3 is 2.18 bits per heavy atom. The lowest BCUT2D eigenvalue weighted by Gasteiger charge is -2.13. The number of carbonyl (C=O) groups is 1. The molecule has 5 nitrogen and oxygen atoms in total. The topological polar surface area (TPSA) is 57.3 Å². The molecule has 8 heteroatoms. The average molecular weight is 386 g/mol. The molecule has 0 fully saturated rings. The maximum absolute atomic E-state index is 13.7. The predicted molar refractivity (Wildman–Crippen MR) is 103 cm³/mol. The number of nitrogens with zero attached hydrogens (tertiary/aromatic N) is 2. The molecule has 1 heterocycles. The molecule has 0 unspecified atom stereocenters. The van der Waals surface area contributed by atoms with Crippen LogP contribution in [0.2, 0.25) is 0 Å². The van der Waals surface area contributed by atoms with Crippen LogP contribution in [-0.2, 0) is 0 Å². The maximum Gasteiger partial charge on any atom is 0.274 e. The van der Waals surface area contributed by atoms with Gasteiger partial charge >= 0.3 is 0 Å². The monoisotopic (exact) mass is 386 g/mol. The molecule has 0 atom stereocenters. The highest BCUT2D eigenvalue weighted by Crippen LogP contribution is 2.22. The van der Waals surface area contributed by atoms with E-state index < -0.39 is 29.0 Å². The van der Waals surface area contributed by atoms with Gasteiger partial charge < -0.3 is 15.5 Å². The summed E-state index contributed by atoms with van der Waals surface area (Å²) in [6, 6.07) is 12.5. The number of carbonyl (C=O) groups excluding carboxylic acids is 1. The molecule has 0 aliphatic heterocycles. The molecule has 0 spiro atoms. The van der Waals surface area contributed by atoms with Gasteiger partial charge in [0.05, 0.1) is 17.6 Å². The van der Waals surface area contributed by atoms with Gasteiger partial charge in [0.15, 0.2) is 17.5 Å². The maximum atomic E-state index is 13.7. The molecule has 144 valence electrons. The van der Waals surface area contributed by atoms with Crippen molar-refractivity contribution in [3.63, 3.8) is 0 Å². The minimum absolute atomic E-state index is 0.00219. The Hall–Kier alpha value is -3.55. The summed E-state index contributed by atoms with van der Waals surface area (Å²) in [5, 5.41) is 5.32. The molecular formula is C20H17F3N4O. The first-order valence-electron chi connectivity index (χ1n) is 8.30. The number of pyridine rings is 1. The highest BCUT2D eigenvalue weighted by atomic mass is 19.2. The lowest BCUT2D eigenvalue weighted by molar-refractivity contribution is 0.102. The van der Waals surface area contributed by atoms with E-state index in [2.05, 4.69) is 15.6 Å². The smallest absolute Gasteiger partial charge is 0.274 e. The highest BCUT2D eigenvalue weighted by Gasteiger charge is 2.16. The fraction of sp³-hybridized carbons (Fsp3) is 0.100. The van der Waals surface area contributed by atoms with Gasteiger partial charge in [-0.05, 0) is 48.5 Å². The second kappa shape index (κ2) is 7.99. The van der Waals surface area contributed by atoms with Crippen molar-refractivity contribution in [1.82, 2.24) is 4.98 Å². The van der Waals surface area contributed by atoms with Crippen molar-refractivity contribution in [2.75, 3.05) is 29.6 Å². The molecule has 1 amide bonds. The fourth-order valence-corrected chi connectivity index (χ4v) is 2.42. The summed E-state index contributed by atoms with van der Waals surface area (Å²) in [5.74, 6) is -5.19. The second-order valence-electron chi connectivity index (χ2n) is 6.18. The van der Waals surface area contributed by atoms with E-state index in [-0.39, 0.29) is 5.69 Å². The van der Waals surface area contributed by atoms with Crippen molar-refractivity contribution in [1.29, 1.82) is 0 Å². The zero-order valence-corrected chi connectivity index (χ0v) is 15.1. The van der Waals surface area contributed by atoms with Crippen LogP contribution in [0.5, 0.6) is 0 Å². The number of rotatable bonds is 5. The van der Waals surface area contributed by atoms with E-state index in [4.69, 9.17) is 0 Å². The SMILES string of the molecule is CN(C)c1ccc(Nc2ccc(C(=O)Nc3ccc(F)c(F)c3F)nc2)cc1. The van der Waals surface area contributed by atoms with E-state index in [1.165, 1.54) is 12.3 Å². The van der Waals surface area contributed by atoms with Crippen LogP contribution in [0, 0.1) is 17.5 Å². The summed E-state index contributed by atoms with van der Waals surface area (Å²) in [6.45, 7) is 0. The van der Waals surface area contributed by atoms with E-state index in [0.717, 1.165) is 23.5 Å². The van der Waals surface area contributed by atoms with Crippen molar-refractivity contribution in [2.24, 2.45) is 0 Å². The van der Waals surface area contributed by atoms with Gasteiger partial charge in [-0.2, -0.15) is 0 Å². The van der Waals surface area contributed by atoms with Crippen LogP contribution in [0.25, 0.3) is 0 Å². The Morgan fingerprint density at radius 2 is 1.57 bits per heavy atom. The van der Waals surface area contributed by atoms with Crippen LogP contribution in [0.4, 0.5) is 35.9 Å². The normalized spacial score (nSPS) is 10.5. The van der Waals surface area contributed by atoms with E-state index in [0.29, 0.717) is 5.69 Å². The van der Waals surface area contributed by atoms with Crippen molar-refractivity contribution in [3.8, 4) is 0 Å². The second-order valence-corrected chi connectivity index (χ2v) is 6.18. The van der Waals surface area contributed by atoms with Gasteiger partial charge in [0.2, 0.25) is 0 Å². The summed E-state index contributed by atoms with van der Waals surface area (Å²) in [7, 11) is 3.89. The number of hydrogen-bond acceptors (Lipinski definition) is 4.